The van der Waals surface area contributed by atoms with Gasteiger partial charge in [0.1, 0.15) is 5.75 Å². The molecule has 7 aromatic rings. The van der Waals surface area contributed by atoms with Crippen molar-refractivity contribution in [2.45, 2.75) is 0 Å². The average Bonchev–Trinajstić information content (AvgIpc) is 3.12. The molecular weight excluding hydrogens is 532 g/mol. The van der Waals surface area contributed by atoms with E-state index in [2.05, 4.69) is 176 Å². The van der Waals surface area contributed by atoms with Gasteiger partial charge in [0.25, 0.3) is 0 Å². The van der Waals surface area contributed by atoms with Gasteiger partial charge in [-0.3, -0.25) is 0 Å². The lowest BCUT2D eigenvalue weighted by Crippen LogP contribution is -1.94. The first-order valence-corrected chi connectivity index (χ1v) is 15.0. The Morgan fingerprint density at radius 2 is 0.545 bits per heavy atom. The molecular formula is C43H32O. The van der Waals surface area contributed by atoms with Crippen LogP contribution in [0.4, 0.5) is 0 Å². The smallest absolute Gasteiger partial charge is 0.134 e. The number of hydrogen-bond donors (Lipinski definition) is 0. The Balaban J connectivity index is 1.43. The Labute approximate surface area is 259 Å². The Kier molecular flexibility index (Phi) is 7.60. The predicted molar refractivity (Wildman–Crippen MR) is 186 cm³/mol. The summed E-state index contributed by atoms with van der Waals surface area (Å²) in [6.45, 7) is 0. The molecule has 210 valence electrons. The van der Waals surface area contributed by atoms with Gasteiger partial charge in [0.05, 0.1) is 7.11 Å². The molecule has 0 fully saturated rings. The fourth-order valence-corrected chi connectivity index (χ4v) is 5.97. The lowest BCUT2D eigenvalue weighted by Gasteiger charge is -2.18. The Bertz CT molecular complexity index is 1750. The SMILES string of the molecule is COc1c(-c2cc(-c3ccccc3)cc(-c3ccccc3)c2)cccc1-c1cc(-c2ccccc2)cc(-c2ccccc2)c1. The molecule has 0 saturated carbocycles. The standard InChI is InChI=1S/C43H32O/c1-44-43-41(39-27-35(31-15-6-2-7-16-31)25-36(28-39)32-17-8-3-9-18-32)23-14-24-42(43)40-29-37(33-19-10-4-11-20-33)26-38(30-40)34-21-12-5-13-22-34/h2-30H,1H3. The molecule has 0 saturated heterocycles. The van der Waals surface area contributed by atoms with Crippen molar-refractivity contribution in [3.63, 3.8) is 0 Å². The molecule has 0 unspecified atom stereocenters. The van der Waals surface area contributed by atoms with Gasteiger partial charge in [-0.15, -0.1) is 0 Å². The minimum Gasteiger partial charge on any atom is -0.495 e. The Hall–Kier alpha value is -5.66. The van der Waals surface area contributed by atoms with Crippen LogP contribution in [0.15, 0.2) is 176 Å². The van der Waals surface area contributed by atoms with Crippen LogP contribution < -0.4 is 4.74 Å². The van der Waals surface area contributed by atoms with Crippen LogP contribution in [-0.4, -0.2) is 7.11 Å². The van der Waals surface area contributed by atoms with Crippen LogP contribution in [0.5, 0.6) is 5.75 Å². The number of ether oxygens (including phenoxy) is 1. The fourth-order valence-electron chi connectivity index (χ4n) is 5.97. The van der Waals surface area contributed by atoms with Gasteiger partial charge in [0.15, 0.2) is 0 Å². The highest BCUT2D eigenvalue weighted by Crippen LogP contribution is 2.43. The average molecular weight is 565 g/mol. The van der Waals surface area contributed by atoms with Crippen molar-refractivity contribution in [1.82, 2.24) is 0 Å². The molecule has 7 rings (SSSR count). The maximum absolute atomic E-state index is 6.27. The quantitative estimate of drug-likeness (QED) is 0.187. The van der Waals surface area contributed by atoms with E-state index in [9.17, 15) is 0 Å². The van der Waals surface area contributed by atoms with Gasteiger partial charge in [-0.1, -0.05) is 140 Å². The maximum Gasteiger partial charge on any atom is 0.134 e. The Morgan fingerprint density at radius 3 is 0.818 bits per heavy atom. The van der Waals surface area contributed by atoms with E-state index in [1.165, 1.54) is 44.5 Å². The maximum atomic E-state index is 6.27. The predicted octanol–water partition coefficient (Wildman–Crippen LogP) is 11.7. The minimum atomic E-state index is 0.862. The second kappa shape index (κ2) is 12.3. The van der Waals surface area contributed by atoms with Crippen molar-refractivity contribution in [1.29, 1.82) is 0 Å². The zero-order chi connectivity index (χ0) is 29.7. The molecule has 0 bridgehead atoms. The molecule has 0 aliphatic heterocycles. The van der Waals surface area contributed by atoms with Gasteiger partial charge in [-0.05, 0) is 92.0 Å². The molecule has 0 atom stereocenters. The molecule has 0 N–H and O–H groups in total. The highest BCUT2D eigenvalue weighted by molar-refractivity contribution is 5.90. The largest absolute Gasteiger partial charge is 0.495 e. The number of benzene rings is 7. The normalized spacial score (nSPS) is 10.8. The first kappa shape index (κ1) is 27.2. The summed E-state index contributed by atoms with van der Waals surface area (Å²) in [7, 11) is 1.78. The van der Waals surface area contributed by atoms with Crippen molar-refractivity contribution in [3.8, 4) is 72.5 Å². The van der Waals surface area contributed by atoms with Crippen molar-refractivity contribution in [2.75, 3.05) is 7.11 Å². The number of methoxy groups -OCH3 is 1. The van der Waals surface area contributed by atoms with E-state index in [0.29, 0.717) is 0 Å². The third-order valence-electron chi connectivity index (χ3n) is 8.14. The van der Waals surface area contributed by atoms with Crippen LogP contribution in [-0.2, 0) is 0 Å². The molecule has 1 heteroatoms. The highest BCUT2D eigenvalue weighted by atomic mass is 16.5. The molecule has 0 amide bonds. The molecule has 1 nitrogen and oxygen atoms in total. The van der Waals surface area contributed by atoms with E-state index < -0.39 is 0 Å². The summed E-state index contributed by atoms with van der Waals surface area (Å²) in [6, 6.07) is 62.5. The van der Waals surface area contributed by atoms with Crippen LogP contribution in [0.25, 0.3) is 66.8 Å². The number of para-hydroxylation sites is 1. The van der Waals surface area contributed by atoms with Crippen molar-refractivity contribution < 1.29 is 4.74 Å². The summed E-state index contributed by atoms with van der Waals surface area (Å²) in [5.41, 5.74) is 13.8. The minimum absolute atomic E-state index is 0.862. The van der Waals surface area contributed by atoms with Gasteiger partial charge < -0.3 is 4.74 Å². The number of rotatable bonds is 7. The zero-order valence-corrected chi connectivity index (χ0v) is 24.7. The molecule has 0 aromatic heterocycles. The molecule has 0 heterocycles. The fraction of sp³-hybridized carbons (Fsp3) is 0.0233. The van der Waals surface area contributed by atoms with Crippen LogP contribution in [0, 0.1) is 0 Å². The first-order valence-electron chi connectivity index (χ1n) is 15.0. The molecule has 0 aliphatic rings. The van der Waals surface area contributed by atoms with Crippen molar-refractivity contribution in [2.24, 2.45) is 0 Å². The molecule has 44 heavy (non-hydrogen) atoms. The summed E-state index contributed by atoms with van der Waals surface area (Å²) in [6.07, 6.45) is 0. The molecule has 0 radical (unpaired) electrons. The van der Waals surface area contributed by atoms with E-state index in [1.807, 2.05) is 0 Å². The second-order valence-corrected chi connectivity index (χ2v) is 10.9. The summed E-state index contributed by atoms with van der Waals surface area (Å²) < 4.78 is 6.27. The van der Waals surface area contributed by atoms with Gasteiger partial charge in [-0.25, -0.2) is 0 Å². The monoisotopic (exact) mass is 564 g/mol. The summed E-state index contributed by atoms with van der Waals surface area (Å²) >= 11 is 0. The zero-order valence-electron chi connectivity index (χ0n) is 24.7. The highest BCUT2D eigenvalue weighted by Gasteiger charge is 2.17. The lowest BCUT2D eigenvalue weighted by molar-refractivity contribution is 0.418. The van der Waals surface area contributed by atoms with Gasteiger partial charge in [0, 0.05) is 11.1 Å². The summed E-state index contributed by atoms with van der Waals surface area (Å²) in [4.78, 5) is 0. The second-order valence-electron chi connectivity index (χ2n) is 10.9. The number of hydrogen-bond acceptors (Lipinski definition) is 1. The van der Waals surface area contributed by atoms with Crippen molar-refractivity contribution in [3.05, 3.63) is 176 Å². The third-order valence-corrected chi connectivity index (χ3v) is 8.14. The summed E-state index contributed by atoms with van der Waals surface area (Å²) in [5, 5.41) is 0. The van der Waals surface area contributed by atoms with Crippen LogP contribution >= 0.6 is 0 Å². The van der Waals surface area contributed by atoms with E-state index in [1.54, 1.807) is 7.11 Å². The lowest BCUT2D eigenvalue weighted by atomic mass is 9.89. The van der Waals surface area contributed by atoms with E-state index in [0.717, 1.165) is 28.0 Å². The van der Waals surface area contributed by atoms with E-state index >= 15 is 0 Å². The van der Waals surface area contributed by atoms with E-state index in [-0.39, 0.29) is 0 Å². The van der Waals surface area contributed by atoms with Crippen LogP contribution in [0.3, 0.4) is 0 Å². The van der Waals surface area contributed by atoms with E-state index in [4.69, 9.17) is 4.74 Å². The van der Waals surface area contributed by atoms with Gasteiger partial charge in [0.2, 0.25) is 0 Å². The van der Waals surface area contributed by atoms with Crippen molar-refractivity contribution >= 4 is 0 Å². The molecule has 0 spiro atoms. The third kappa shape index (κ3) is 5.56. The topological polar surface area (TPSA) is 9.23 Å². The summed E-state index contributed by atoms with van der Waals surface area (Å²) in [5.74, 6) is 0.862. The Morgan fingerprint density at radius 1 is 0.273 bits per heavy atom. The van der Waals surface area contributed by atoms with Gasteiger partial charge in [-0.2, -0.15) is 0 Å². The van der Waals surface area contributed by atoms with Crippen LogP contribution in [0.2, 0.25) is 0 Å². The molecule has 0 aliphatic carbocycles. The van der Waals surface area contributed by atoms with Gasteiger partial charge >= 0.3 is 0 Å². The molecule has 7 aromatic carbocycles. The first-order chi connectivity index (χ1) is 21.8. The van der Waals surface area contributed by atoms with Crippen LogP contribution in [0.1, 0.15) is 0 Å².